The molecule has 0 radical (unpaired) electrons. The summed E-state index contributed by atoms with van der Waals surface area (Å²) in [6.07, 6.45) is 7.65. The summed E-state index contributed by atoms with van der Waals surface area (Å²) in [5.74, 6) is 0. The van der Waals surface area contributed by atoms with Gasteiger partial charge in [0.2, 0.25) is 0 Å². The number of ether oxygens (including phenoxy) is 1. The van der Waals surface area contributed by atoms with Crippen molar-refractivity contribution in [1.29, 1.82) is 0 Å². The lowest BCUT2D eigenvalue weighted by atomic mass is 9.91. The third kappa shape index (κ3) is 6.18. The van der Waals surface area contributed by atoms with Crippen molar-refractivity contribution >= 4 is 6.09 Å². The van der Waals surface area contributed by atoms with E-state index < -0.39 is 5.60 Å². The molecule has 0 spiro atoms. The van der Waals surface area contributed by atoms with Gasteiger partial charge in [-0.2, -0.15) is 0 Å². The summed E-state index contributed by atoms with van der Waals surface area (Å²) in [6, 6.07) is 2.67. The number of aromatic nitrogens is 1. The Bertz CT molecular complexity index is 525. The lowest BCUT2D eigenvalue weighted by molar-refractivity contribution is 0.0488. The van der Waals surface area contributed by atoms with Gasteiger partial charge in [-0.15, -0.1) is 0 Å². The molecule has 2 rings (SSSR count). The van der Waals surface area contributed by atoms with Crippen LogP contribution in [0.2, 0.25) is 0 Å². The van der Waals surface area contributed by atoms with Crippen molar-refractivity contribution < 1.29 is 9.53 Å². The standard InChI is InChI=1S/C18H29N3O2/c1-13-11-19-9-8-14(13)12-20-15-6-5-7-16(10-15)21-17(22)23-18(2,3)4/h8-9,11,15-16,20H,5-7,10,12H2,1-4H3,(H,21,22). The van der Waals surface area contributed by atoms with Crippen molar-refractivity contribution in [2.24, 2.45) is 0 Å². The normalized spacial score (nSPS) is 21.7. The van der Waals surface area contributed by atoms with E-state index in [-0.39, 0.29) is 12.1 Å². The van der Waals surface area contributed by atoms with Gasteiger partial charge in [0.05, 0.1) is 0 Å². The molecule has 23 heavy (non-hydrogen) atoms. The molecule has 1 aliphatic rings. The van der Waals surface area contributed by atoms with Crippen LogP contribution in [-0.4, -0.2) is 28.8 Å². The van der Waals surface area contributed by atoms with Gasteiger partial charge in [-0.3, -0.25) is 4.98 Å². The number of hydrogen-bond acceptors (Lipinski definition) is 4. The number of rotatable bonds is 4. The van der Waals surface area contributed by atoms with Crippen LogP contribution in [0.5, 0.6) is 0 Å². The lowest BCUT2D eigenvalue weighted by Gasteiger charge is -2.31. The van der Waals surface area contributed by atoms with E-state index in [9.17, 15) is 4.79 Å². The topological polar surface area (TPSA) is 63.2 Å². The monoisotopic (exact) mass is 319 g/mol. The van der Waals surface area contributed by atoms with Gasteiger partial charge in [-0.05, 0) is 70.6 Å². The smallest absolute Gasteiger partial charge is 0.407 e. The number of amides is 1. The van der Waals surface area contributed by atoms with E-state index >= 15 is 0 Å². The third-order valence-corrected chi connectivity index (χ3v) is 4.11. The number of carbonyl (C=O) groups excluding carboxylic acids is 1. The van der Waals surface area contributed by atoms with Crippen LogP contribution in [0.25, 0.3) is 0 Å². The zero-order valence-corrected chi connectivity index (χ0v) is 14.7. The number of alkyl carbamates (subject to hydrolysis) is 1. The Morgan fingerprint density at radius 1 is 1.35 bits per heavy atom. The van der Waals surface area contributed by atoms with Crippen molar-refractivity contribution in [3.8, 4) is 0 Å². The molecule has 1 heterocycles. The Hall–Kier alpha value is -1.62. The minimum atomic E-state index is -0.449. The Morgan fingerprint density at radius 3 is 2.78 bits per heavy atom. The number of hydrogen-bond donors (Lipinski definition) is 2. The van der Waals surface area contributed by atoms with Crippen molar-refractivity contribution in [3.63, 3.8) is 0 Å². The summed E-state index contributed by atoms with van der Waals surface area (Å²) in [7, 11) is 0. The second kappa shape index (κ2) is 7.77. The Morgan fingerprint density at radius 2 is 2.09 bits per heavy atom. The van der Waals surface area contributed by atoms with Crippen molar-refractivity contribution in [1.82, 2.24) is 15.6 Å². The van der Waals surface area contributed by atoms with E-state index in [0.717, 1.165) is 32.2 Å². The summed E-state index contributed by atoms with van der Waals surface area (Å²) in [5, 5.41) is 6.61. The molecule has 2 N–H and O–H groups in total. The van der Waals surface area contributed by atoms with E-state index in [2.05, 4.69) is 28.6 Å². The molecular weight excluding hydrogens is 290 g/mol. The van der Waals surface area contributed by atoms with Gasteiger partial charge in [0.15, 0.2) is 0 Å². The first-order chi connectivity index (χ1) is 10.8. The molecule has 5 heteroatoms. The third-order valence-electron chi connectivity index (χ3n) is 4.11. The molecule has 0 bridgehead atoms. The number of aryl methyl sites for hydroxylation is 1. The van der Waals surface area contributed by atoms with Gasteiger partial charge in [0.25, 0.3) is 0 Å². The molecule has 0 aliphatic heterocycles. The fraction of sp³-hybridized carbons (Fsp3) is 0.667. The van der Waals surface area contributed by atoms with Crippen LogP contribution < -0.4 is 10.6 Å². The molecule has 128 valence electrons. The maximum absolute atomic E-state index is 11.9. The zero-order chi connectivity index (χ0) is 16.9. The quantitative estimate of drug-likeness (QED) is 0.893. The summed E-state index contributed by atoms with van der Waals surface area (Å²) >= 11 is 0. The summed E-state index contributed by atoms with van der Waals surface area (Å²) < 4.78 is 5.34. The van der Waals surface area contributed by atoms with Crippen LogP contribution in [-0.2, 0) is 11.3 Å². The SMILES string of the molecule is Cc1cnccc1CNC1CCCC(NC(=O)OC(C)(C)C)C1. The van der Waals surface area contributed by atoms with Gasteiger partial charge in [-0.1, -0.05) is 0 Å². The van der Waals surface area contributed by atoms with E-state index in [1.165, 1.54) is 11.1 Å². The number of nitrogens with one attached hydrogen (secondary N) is 2. The molecular formula is C18H29N3O2. The maximum Gasteiger partial charge on any atom is 0.407 e. The molecule has 0 aromatic carbocycles. The first-order valence-electron chi connectivity index (χ1n) is 8.46. The van der Waals surface area contributed by atoms with Gasteiger partial charge in [-0.25, -0.2) is 4.79 Å². The maximum atomic E-state index is 11.9. The highest BCUT2D eigenvalue weighted by molar-refractivity contribution is 5.68. The largest absolute Gasteiger partial charge is 0.444 e. The Balaban J connectivity index is 1.79. The van der Waals surface area contributed by atoms with Crippen molar-refractivity contribution in [2.45, 2.75) is 77.6 Å². The number of pyridine rings is 1. The molecule has 2 atom stereocenters. The highest BCUT2D eigenvalue weighted by Gasteiger charge is 2.25. The average Bonchev–Trinajstić information content (AvgIpc) is 2.45. The van der Waals surface area contributed by atoms with E-state index in [4.69, 9.17) is 4.74 Å². The van der Waals surface area contributed by atoms with Crippen LogP contribution in [0.4, 0.5) is 4.79 Å². The highest BCUT2D eigenvalue weighted by atomic mass is 16.6. The van der Waals surface area contributed by atoms with Crippen molar-refractivity contribution in [2.75, 3.05) is 0 Å². The van der Waals surface area contributed by atoms with E-state index in [1.807, 2.05) is 33.2 Å². The zero-order valence-electron chi connectivity index (χ0n) is 14.7. The fourth-order valence-corrected chi connectivity index (χ4v) is 2.94. The fourth-order valence-electron chi connectivity index (χ4n) is 2.94. The number of nitrogens with zero attached hydrogens (tertiary/aromatic N) is 1. The van der Waals surface area contributed by atoms with Crippen LogP contribution in [0.3, 0.4) is 0 Å². The van der Waals surface area contributed by atoms with Gasteiger partial charge in [0, 0.05) is 31.0 Å². The molecule has 5 nitrogen and oxygen atoms in total. The van der Waals surface area contributed by atoms with Gasteiger partial charge < -0.3 is 15.4 Å². The molecule has 1 amide bonds. The Labute approximate surface area is 139 Å². The molecule has 1 aliphatic carbocycles. The highest BCUT2D eigenvalue weighted by Crippen LogP contribution is 2.20. The van der Waals surface area contributed by atoms with Crippen molar-refractivity contribution in [3.05, 3.63) is 29.6 Å². The van der Waals surface area contributed by atoms with Crippen LogP contribution in [0, 0.1) is 6.92 Å². The number of carbonyl (C=O) groups is 1. The minimum absolute atomic E-state index is 0.189. The Kier molecular flexibility index (Phi) is 5.99. The van der Waals surface area contributed by atoms with Gasteiger partial charge in [0.1, 0.15) is 5.60 Å². The second-order valence-corrected chi connectivity index (χ2v) is 7.39. The summed E-state index contributed by atoms with van der Waals surface area (Å²) in [5.41, 5.74) is 2.04. The summed E-state index contributed by atoms with van der Waals surface area (Å²) in [6.45, 7) is 8.58. The van der Waals surface area contributed by atoms with Crippen LogP contribution in [0.1, 0.15) is 57.6 Å². The molecule has 1 fully saturated rings. The first kappa shape index (κ1) is 17.7. The molecule has 1 aromatic heterocycles. The van der Waals surface area contributed by atoms with Crippen LogP contribution in [0.15, 0.2) is 18.5 Å². The summed E-state index contributed by atoms with van der Waals surface area (Å²) in [4.78, 5) is 16.0. The lowest BCUT2D eigenvalue weighted by Crippen LogP contribution is -2.45. The van der Waals surface area contributed by atoms with E-state index in [0.29, 0.717) is 6.04 Å². The predicted octanol–water partition coefficient (Wildman–Crippen LogP) is 3.32. The second-order valence-electron chi connectivity index (χ2n) is 7.39. The molecule has 1 saturated carbocycles. The van der Waals surface area contributed by atoms with Crippen LogP contribution >= 0.6 is 0 Å². The molecule has 0 saturated heterocycles. The van der Waals surface area contributed by atoms with Gasteiger partial charge >= 0.3 is 6.09 Å². The predicted molar refractivity (Wildman–Crippen MR) is 91.2 cm³/mol. The average molecular weight is 319 g/mol. The van der Waals surface area contributed by atoms with E-state index in [1.54, 1.807) is 0 Å². The molecule has 2 unspecified atom stereocenters. The molecule has 1 aromatic rings. The minimum Gasteiger partial charge on any atom is -0.444 e. The first-order valence-corrected chi connectivity index (χ1v) is 8.46.